The number of nitrogens with zero attached hydrogens (tertiary/aromatic N) is 2. The van der Waals surface area contributed by atoms with Gasteiger partial charge in [0.1, 0.15) is 34.7 Å². The van der Waals surface area contributed by atoms with Gasteiger partial charge < -0.3 is 14.2 Å². The van der Waals surface area contributed by atoms with E-state index in [1.54, 1.807) is 37.7 Å². The maximum Gasteiger partial charge on any atom is 0.140 e. The van der Waals surface area contributed by atoms with Crippen LogP contribution in [0, 0.1) is 5.82 Å². The molecular weight excluding hydrogens is 403 g/mol. The molecule has 1 fully saturated rings. The summed E-state index contributed by atoms with van der Waals surface area (Å²) in [4.78, 5) is 7.18. The van der Waals surface area contributed by atoms with Crippen molar-refractivity contribution in [1.29, 1.82) is 0 Å². The average molecular weight is 429 g/mol. The smallest absolute Gasteiger partial charge is 0.140 e. The second kappa shape index (κ2) is 9.45. The fraction of sp³-hybridized carbons (Fsp3) is 0.348. The van der Waals surface area contributed by atoms with Crippen LogP contribution in [-0.2, 0) is 13.2 Å². The van der Waals surface area contributed by atoms with Crippen LogP contribution in [0.15, 0.2) is 47.8 Å². The lowest BCUT2D eigenvalue weighted by atomic mass is 10.0. The van der Waals surface area contributed by atoms with E-state index in [0.29, 0.717) is 18.4 Å². The first-order chi connectivity index (χ1) is 14.7. The normalized spacial score (nSPS) is 16.6. The van der Waals surface area contributed by atoms with Gasteiger partial charge in [0.15, 0.2) is 0 Å². The van der Waals surface area contributed by atoms with Gasteiger partial charge in [-0.1, -0.05) is 6.07 Å². The molecule has 7 heteroatoms. The second-order valence-corrected chi connectivity index (χ2v) is 8.15. The van der Waals surface area contributed by atoms with Crippen LogP contribution in [-0.4, -0.2) is 30.6 Å². The zero-order valence-electron chi connectivity index (χ0n) is 17.1. The lowest BCUT2D eigenvalue weighted by Gasteiger charge is -2.25. The number of hydrogen-bond acceptors (Lipinski definition) is 6. The lowest BCUT2D eigenvalue weighted by Crippen LogP contribution is -2.23. The highest BCUT2D eigenvalue weighted by Gasteiger charge is 2.29. The lowest BCUT2D eigenvalue weighted by molar-refractivity contribution is 0.239. The minimum Gasteiger partial charge on any atom is -0.497 e. The van der Waals surface area contributed by atoms with Gasteiger partial charge in [0.25, 0.3) is 0 Å². The van der Waals surface area contributed by atoms with Crippen LogP contribution in [0.5, 0.6) is 17.2 Å². The van der Waals surface area contributed by atoms with E-state index in [-0.39, 0.29) is 5.82 Å². The summed E-state index contributed by atoms with van der Waals surface area (Å²) in [5, 5.41) is 3.00. The topological polar surface area (TPSA) is 43.8 Å². The van der Waals surface area contributed by atoms with Gasteiger partial charge in [0.05, 0.1) is 19.9 Å². The predicted molar refractivity (Wildman–Crippen MR) is 115 cm³/mol. The fourth-order valence-electron chi connectivity index (χ4n) is 3.83. The van der Waals surface area contributed by atoms with Gasteiger partial charge in [-0.3, -0.25) is 4.90 Å². The van der Waals surface area contributed by atoms with Crippen LogP contribution in [0.1, 0.15) is 35.1 Å². The van der Waals surface area contributed by atoms with Crippen LogP contribution in [0.4, 0.5) is 4.39 Å². The highest BCUT2D eigenvalue weighted by Crippen LogP contribution is 2.39. The van der Waals surface area contributed by atoms with Gasteiger partial charge >= 0.3 is 0 Å². The summed E-state index contributed by atoms with van der Waals surface area (Å²) in [6.07, 6.45) is 2.23. The Balaban J connectivity index is 1.41. The monoisotopic (exact) mass is 428 g/mol. The number of rotatable bonds is 8. The number of benzene rings is 2. The molecule has 1 aliphatic heterocycles. The van der Waals surface area contributed by atoms with Crippen molar-refractivity contribution in [2.45, 2.75) is 32.0 Å². The zero-order chi connectivity index (χ0) is 20.9. The van der Waals surface area contributed by atoms with Crippen molar-refractivity contribution in [2.75, 3.05) is 20.8 Å². The molecule has 0 bridgehead atoms. The Labute approximate surface area is 180 Å². The minimum atomic E-state index is -0.271. The van der Waals surface area contributed by atoms with Crippen LogP contribution >= 0.6 is 11.3 Å². The summed E-state index contributed by atoms with van der Waals surface area (Å²) in [5.74, 6) is 2.02. The summed E-state index contributed by atoms with van der Waals surface area (Å²) in [6.45, 7) is 2.19. The maximum absolute atomic E-state index is 13.0. The first-order valence-electron chi connectivity index (χ1n) is 9.94. The number of halogens is 1. The molecule has 1 unspecified atom stereocenters. The van der Waals surface area contributed by atoms with Crippen molar-refractivity contribution in [2.24, 2.45) is 0 Å². The number of aromatic nitrogens is 1. The molecular formula is C23H25FN2O3S. The van der Waals surface area contributed by atoms with E-state index in [1.165, 1.54) is 17.7 Å². The highest BCUT2D eigenvalue weighted by atomic mass is 32.1. The number of methoxy groups -OCH3 is 2. The zero-order valence-corrected chi connectivity index (χ0v) is 18.0. The van der Waals surface area contributed by atoms with Crippen molar-refractivity contribution in [3.63, 3.8) is 0 Å². The molecule has 3 aromatic rings. The first-order valence-corrected chi connectivity index (χ1v) is 10.8. The molecule has 158 valence electrons. The van der Waals surface area contributed by atoms with Crippen LogP contribution in [0.2, 0.25) is 0 Å². The third kappa shape index (κ3) is 4.74. The second-order valence-electron chi connectivity index (χ2n) is 7.21. The summed E-state index contributed by atoms with van der Waals surface area (Å²) in [6, 6.07) is 12.4. The van der Waals surface area contributed by atoms with Crippen LogP contribution in [0.25, 0.3) is 0 Å². The van der Waals surface area contributed by atoms with E-state index >= 15 is 0 Å². The van der Waals surface area contributed by atoms with Gasteiger partial charge in [-0.2, -0.15) is 0 Å². The summed E-state index contributed by atoms with van der Waals surface area (Å²) < 4.78 is 29.7. The quantitative estimate of drug-likeness (QED) is 0.492. The van der Waals surface area contributed by atoms with Crippen molar-refractivity contribution < 1.29 is 18.6 Å². The largest absolute Gasteiger partial charge is 0.497 e. The molecule has 1 aliphatic rings. The van der Waals surface area contributed by atoms with E-state index in [4.69, 9.17) is 19.2 Å². The molecule has 1 atom stereocenters. The van der Waals surface area contributed by atoms with Gasteiger partial charge in [-0.15, -0.1) is 11.3 Å². The Bertz CT molecular complexity index is 977. The van der Waals surface area contributed by atoms with E-state index < -0.39 is 0 Å². The van der Waals surface area contributed by atoms with E-state index in [0.717, 1.165) is 48.1 Å². The average Bonchev–Trinajstić information content (AvgIpc) is 3.42. The molecule has 2 heterocycles. The molecule has 0 amide bonds. The highest BCUT2D eigenvalue weighted by molar-refractivity contribution is 7.09. The van der Waals surface area contributed by atoms with E-state index in [1.807, 2.05) is 12.1 Å². The Morgan fingerprint density at radius 2 is 1.90 bits per heavy atom. The SMILES string of the molecule is COc1ccc(C2CCCN2Cc2csc(COc3ccc(F)cc3)n2)c(OC)c1. The Morgan fingerprint density at radius 3 is 2.67 bits per heavy atom. The van der Waals surface area contributed by atoms with Gasteiger partial charge in [-0.05, 0) is 49.7 Å². The third-order valence-electron chi connectivity index (χ3n) is 5.30. The molecule has 1 saturated heterocycles. The number of hydrogen-bond donors (Lipinski definition) is 0. The third-order valence-corrected chi connectivity index (χ3v) is 6.17. The summed E-state index contributed by atoms with van der Waals surface area (Å²) in [5.41, 5.74) is 2.22. The summed E-state index contributed by atoms with van der Waals surface area (Å²) in [7, 11) is 3.36. The number of thiazole rings is 1. The molecule has 0 radical (unpaired) electrons. The number of likely N-dealkylation sites (tertiary alicyclic amines) is 1. The van der Waals surface area contributed by atoms with E-state index in [2.05, 4.69) is 16.3 Å². The number of ether oxygens (including phenoxy) is 3. The molecule has 0 aliphatic carbocycles. The molecule has 0 saturated carbocycles. The van der Waals surface area contributed by atoms with Gasteiger partial charge in [0, 0.05) is 29.6 Å². The van der Waals surface area contributed by atoms with E-state index in [9.17, 15) is 4.39 Å². The Kier molecular flexibility index (Phi) is 6.50. The molecule has 4 rings (SSSR count). The van der Waals surface area contributed by atoms with Crippen LogP contribution < -0.4 is 14.2 Å². The van der Waals surface area contributed by atoms with Gasteiger partial charge in [-0.25, -0.2) is 9.37 Å². The van der Waals surface area contributed by atoms with Gasteiger partial charge in [0.2, 0.25) is 0 Å². The Morgan fingerprint density at radius 1 is 1.10 bits per heavy atom. The van der Waals surface area contributed by atoms with Crippen molar-refractivity contribution in [3.05, 3.63) is 69.9 Å². The Hall–Kier alpha value is -2.64. The van der Waals surface area contributed by atoms with Crippen molar-refractivity contribution in [1.82, 2.24) is 9.88 Å². The molecule has 5 nitrogen and oxygen atoms in total. The minimum absolute atomic E-state index is 0.271. The fourth-order valence-corrected chi connectivity index (χ4v) is 4.53. The predicted octanol–water partition coefficient (Wildman–Crippen LogP) is 5.22. The maximum atomic E-state index is 13.0. The standard InChI is InChI=1S/C23H25FN2O3S/c1-27-19-9-10-20(22(12-19)28-2)21-4-3-11-26(21)13-17-15-30-23(25-17)14-29-18-7-5-16(24)6-8-18/h5-10,12,15,21H,3-4,11,13-14H2,1-2H3. The van der Waals surface area contributed by atoms with Crippen molar-refractivity contribution >= 4 is 11.3 Å². The summed E-state index contributed by atoms with van der Waals surface area (Å²) >= 11 is 1.59. The first kappa shape index (κ1) is 20.6. The van der Waals surface area contributed by atoms with Crippen LogP contribution in [0.3, 0.4) is 0 Å². The molecule has 1 aromatic heterocycles. The molecule has 0 spiro atoms. The van der Waals surface area contributed by atoms with Crippen molar-refractivity contribution in [3.8, 4) is 17.2 Å². The molecule has 30 heavy (non-hydrogen) atoms. The molecule has 2 aromatic carbocycles. The molecule has 0 N–H and O–H groups in total.